The van der Waals surface area contributed by atoms with Crippen molar-refractivity contribution in [2.75, 3.05) is 0 Å². The molecule has 0 aromatic carbocycles. The molecule has 4 heteroatoms. The van der Waals surface area contributed by atoms with Gasteiger partial charge in [0, 0.05) is 13.1 Å². The maximum atomic E-state index is 4.13. The van der Waals surface area contributed by atoms with Gasteiger partial charge in [-0.3, -0.25) is 0 Å². The molecule has 1 aromatic rings. The zero-order valence-corrected chi connectivity index (χ0v) is 10.5. The molecule has 1 saturated carbocycles. The van der Waals surface area contributed by atoms with Gasteiger partial charge >= 0.3 is 0 Å². The molecule has 0 spiro atoms. The first-order valence-corrected chi connectivity index (χ1v) is 6.26. The van der Waals surface area contributed by atoms with E-state index in [1.54, 1.807) is 6.33 Å². The van der Waals surface area contributed by atoms with Crippen LogP contribution in [0.5, 0.6) is 0 Å². The summed E-state index contributed by atoms with van der Waals surface area (Å²) in [5.74, 6) is 1.97. The van der Waals surface area contributed by atoms with Crippen LogP contribution in [0.4, 0.5) is 0 Å². The summed E-state index contributed by atoms with van der Waals surface area (Å²) in [6, 6.07) is 0.847. The highest BCUT2D eigenvalue weighted by Crippen LogP contribution is 2.30. The Morgan fingerprint density at radius 1 is 1.50 bits per heavy atom. The number of nitrogens with zero attached hydrogens (tertiary/aromatic N) is 3. The summed E-state index contributed by atoms with van der Waals surface area (Å²) < 4.78 is 1.98. The highest BCUT2D eigenvalue weighted by Gasteiger charge is 2.21. The normalized spacial score (nSPS) is 20.4. The summed E-state index contributed by atoms with van der Waals surface area (Å²) >= 11 is 0. The fraction of sp³-hybridized carbons (Fsp3) is 0.833. The first-order valence-electron chi connectivity index (χ1n) is 6.26. The summed E-state index contributed by atoms with van der Waals surface area (Å²) in [5, 5.41) is 11.6. The van der Waals surface area contributed by atoms with Crippen LogP contribution in [0.1, 0.15) is 51.4 Å². The van der Waals surface area contributed by atoms with Gasteiger partial charge < -0.3 is 9.88 Å². The minimum Gasteiger partial charge on any atom is -0.319 e. The van der Waals surface area contributed by atoms with Crippen LogP contribution in [0.2, 0.25) is 0 Å². The lowest BCUT2D eigenvalue weighted by molar-refractivity contribution is 0.258. The number of aromatic nitrogens is 3. The smallest absolute Gasteiger partial charge is 0.149 e. The van der Waals surface area contributed by atoms with Crippen molar-refractivity contribution in [3.8, 4) is 0 Å². The minimum atomic E-state index is 0.280. The molecule has 1 aliphatic carbocycles. The van der Waals surface area contributed by atoms with Gasteiger partial charge in [0.2, 0.25) is 0 Å². The van der Waals surface area contributed by atoms with E-state index in [1.807, 2.05) is 11.6 Å². The molecule has 0 amide bonds. The molecule has 2 rings (SSSR count). The highest BCUT2D eigenvalue weighted by atomic mass is 15.3. The van der Waals surface area contributed by atoms with Crippen LogP contribution < -0.4 is 5.32 Å². The Bertz CT molecular complexity index is 330. The quantitative estimate of drug-likeness (QED) is 0.829. The van der Waals surface area contributed by atoms with E-state index in [1.165, 1.54) is 25.7 Å². The molecule has 0 bridgehead atoms. The molecule has 1 heterocycles. The maximum absolute atomic E-state index is 4.13. The molecule has 1 aliphatic rings. The number of rotatable bonds is 5. The predicted molar refractivity (Wildman–Crippen MR) is 64.0 cm³/mol. The van der Waals surface area contributed by atoms with Crippen LogP contribution in [0, 0.1) is 5.92 Å². The van der Waals surface area contributed by atoms with Crippen LogP contribution in [-0.2, 0) is 7.05 Å². The highest BCUT2D eigenvalue weighted by molar-refractivity contribution is 4.93. The van der Waals surface area contributed by atoms with Crippen LogP contribution in [0.3, 0.4) is 0 Å². The number of aryl methyl sites for hydroxylation is 1. The monoisotopic (exact) mass is 222 g/mol. The number of nitrogens with one attached hydrogen (secondary N) is 1. The van der Waals surface area contributed by atoms with Gasteiger partial charge in [0.15, 0.2) is 0 Å². The summed E-state index contributed by atoms with van der Waals surface area (Å²) in [6.45, 7) is 4.42. The molecule has 0 saturated heterocycles. The standard InChI is InChI=1S/C12H22N4/c1-9(7-11-5-4-6-11)14-10(2)12-15-13-8-16(12)3/h8-11,14H,4-7H2,1-3H3. The van der Waals surface area contributed by atoms with E-state index in [4.69, 9.17) is 0 Å². The van der Waals surface area contributed by atoms with E-state index in [9.17, 15) is 0 Å². The fourth-order valence-electron chi connectivity index (χ4n) is 2.48. The third-order valence-corrected chi connectivity index (χ3v) is 3.58. The van der Waals surface area contributed by atoms with Crippen molar-refractivity contribution in [3.05, 3.63) is 12.2 Å². The maximum Gasteiger partial charge on any atom is 0.149 e. The summed E-state index contributed by atoms with van der Waals surface area (Å²) in [7, 11) is 1.99. The van der Waals surface area contributed by atoms with Gasteiger partial charge in [-0.2, -0.15) is 0 Å². The van der Waals surface area contributed by atoms with E-state index in [2.05, 4.69) is 29.4 Å². The first-order chi connectivity index (χ1) is 7.66. The van der Waals surface area contributed by atoms with Gasteiger partial charge in [0.05, 0.1) is 6.04 Å². The van der Waals surface area contributed by atoms with E-state index in [0.29, 0.717) is 6.04 Å². The SMILES string of the molecule is CC(CC1CCC1)NC(C)c1nncn1C. The van der Waals surface area contributed by atoms with Gasteiger partial charge in [-0.15, -0.1) is 10.2 Å². The Labute approximate surface area is 97.5 Å². The topological polar surface area (TPSA) is 42.7 Å². The molecule has 0 aliphatic heterocycles. The Balaban J connectivity index is 1.81. The average molecular weight is 222 g/mol. The lowest BCUT2D eigenvalue weighted by atomic mass is 9.81. The lowest BCUT2D eigenvalue weighted by Crippen LogP contribution is -2.33. The molecule has 2 unspecified atom stereocenters. The Hall–Kier alpha value is -0.900. The molecule has 16 heavy (non-hydrogen) atoms. The van der Waals surface area contributed by atoms with Crippen molar-refractivity contribution in [2.24, 2.45) is 13.0 Å². The third kappa shape index (κ3) is 2.61. The average Bonchev–Trinajstić information content (AvgIpc) is 2.58. The van der Waals surface area contributed by atoms with E-state index in [-0.39, 0.29) is 6.04 Å². The zero-order valence-electron chi connectivity index (χ0n) is 10.5. The Morgan fingerprint density at radius 2 is 2.25 bits per heavy atom. The van der Waals surface area contributed by atoms with Gasteiger partial charge in [-0.05, 0) is 26.2 Å². The van der Waals surface area contributed by atoms with Crippen LogP contribution in [0.25, 0.3) is 0 Å². The predicted octanol–water partition coefficient (Wildman–Crippen LogP) is 2.04. The molecular weight excluding hydrogens is 200 g/mol. The largest absolute Gasteiger partial charge is 0.319 e. The fourth-order valence-corrected chi connectivity index (χ4v) is 2.48. The van der Waals surface area contributed by atoms with Crippen molar-refractivity contribution in [3.63, 3.8) is 0 Å². The van der Waals surface area contributed by atoms with Crippen LogP contribution in [0.15, 0.2) is 6.33 Å². The summed E-state index contributed by atoms with van der Waals surface area (Å²) in [5.41, 5.74) is 0. The van der Waals surface area contributed by atoms with Crippen LogP contribution in [-0.4, -0.2) is 20.8 Å². The van der Waals surface area contributed by atoms with E-state index in [0.717, 1.165) is 11.7 Å². The first kappa shape index (κ1) is 11.6. The number of hydrogen-bond donors (Lipinski definition) is 1. The van der Waals surface area contributed by atoms with Crippen molar-refractivity contribution in [1.82, 2.24) is 20.1 Å². The molecular formula is C12H22N4. The van der Waals surface area contributed by atoms with E-state index < -0.39 is 0 Å². The van der Waals surface area contributed by atoms with Gasteiger partial charge in [0.1, 0.15) is 12.2 Å². The summed E-state index contributed by atoms with van der Waals surface area (Å²) in [4.78, 5) is 0. The number of hydrogen-bond acceptors (Lipinski definition) is 3. The summed E-state index contributed by atoms with van der Waals surface area (Å²) in [6.07, 6.45) is 7.32. The molecule has 1 aromatic heterocycles. The second-order valence-electron chi connectivity index (χ2n) is 5.12. The Kier molecular flexibility index (Phi) is 3.59. The molecule has 1 N–H and O–H groups in total. The molecule has 0 radical (unpaired) electrons. The van der Waals surface area contributed by atoms with Crippen molar-refractivity contribution in [2.45, 2.75) is 51.6 Å². The van der Waals surface area contributed by atoms with Gasteiger partial charge in [0.25, 0.3) is 0 Å². The van der Waals surface area contributed by atoms with E-state index >= 15 is 0 Å². The molecule has 2 atom stereocenters. The Morgan fingerprint density at radius 3 is 2.75 bits per heavy atom. The molecule has 90 valence electrons. The molecule has 1 fully saturated rings. The van der Waals surface area contributed by atoms with Crippen molar-refractivity contribution >= 4 is 0 Å². The zero-order chi connectivity index (χ0) is 11.5. The lowest BCUT2D eigenvalue weighted by Gasteiger charge is -2.29. The molecule has 4 nitrogen and oxygen atoms in total. The van der Waals surface area contributed by atoms with Crippen molar-refractivity contribution in [1.29, 1.82) is 0 Å². The second kappa shape index (κ2) is 4.95. The van der Waals surface area contributed by atoms with Gasteiger partial charge in [-0.1, -0.05) is 19.3 Å². The van der Waals surface area contributed by atoms with Crippen molar-refractivity contribution < 1.29 is 0 Å². The van der Waals surface area contributed by atoms with Crippen LogP contribution >= 0.6 is 0 Å². The second-order valence-corrected chi connectivity index (χ2v) is 5.12. The minimum absolute atomic E-state index is 0.280. The van der Waals surface area contributed by atoms with Gasteiger partial charge in [-0.25, -0.2) is 0 Å². The third-order valence-electron chi connectivity index (χ3n) is 3.58.